The quantitative estimate of drug-likeness (QED) is 0.538. The number of carbonyl (C=O) groups is 1. The number of pyridine rings is 1. The lowest BCUT2D eigenvalue weighted by molar-refractivity contribution is 0.102. The van der Waals surface area contributed by atoms with Gasteiger partial charge in [0, 0.05) is 24.1 Å². The highest BCUT2D eigenvalue weighted by Crippen LogP contribution is 2.18. The van der Waals surface area contributed by atoms with Crippen molar-refractivity contribution in [2.45, 2.75) is 0 Å². The highest BCUT2D eigenvalue weighted by atomic mass is 16.5. The second-order valence-corrected chi connectivity index (χ2v) is 6.06. The fraction of sp³-hybridized carbons (Fsp3) is 0.182. The van der Waals surface area contributed by atoms with Crippen molar-refractivity contribution in [1.82, 2.24) is 4.98 Å². The molecule has 0 saturated heterocycles. The first-order valence-electron chi connectivity index (χ1n) is 9.10. The van der Waals surface area contributed by atoms with E-state index in [1.54, 1.807) is 56.8 Å². The maximum absolute atomic E-state index is 12.4. The van der Waals surface area contributed by atoms with E-state index in [0.29, 0.717) is 24.5 Å². The molecule has 0 aliphatic heterocycles. The van der Waals surface area contributed by atoms with Crippen LogP contribution in [0.3, 0.4) is 0 Å². The molecule has 0 radical (unpaired) electrons. The van der Waals surface area contributed by atoms with Gasteiger partial charge in [-0.1, -0.05) is 0 Å². The summed E-state index contributed by atoms with van der Waals surface area (Å²) in [6.45, 7) is 1.05. The first kappa shape index (κ1) is 20.0. The van der Waals surface area contributed by atoms with E-state index in [9.17, 15) is 4.79 Å². The van der Waals surface area contributed by atoms with E-state index >= 15 is 0 Å². The number of hydrogen-bond donors (Lipinski definition) is 2. The molecule has 3 rings (SSSR count). The van der Waals surface area contributed by atoms with Gasteiger partial charge in [-0.25, -0.2) is 0 Å². The van der Waals surface area contributed by atoms with Crippen LogP contribution in [-0.4, -0.2) is 38.3 Å². The normalized spacial score (nSPS) is 10.1. The lowest BCUT2D eigenvalue weighted by atomic mass is 10.2. The third kappa shape index (κ3) is 5.87. The van der Waals surface area contributed by atoms with Crippen molar-refractivity contribution in [3.05, 3.63) is 72.6 Å². The summed E-state index contributed by atoms with van der Waals surface area (Å²) in [4.78, 5) is 16.6. The Kier molecular flexibility index (Phi) is 6.89. The third-order valence-corrected chi connectivity index (χ3v) is 4.10. The summed E-state index contributed by atoms with van der Waals surface area (Å²) in [5, 5.41) is 6.04. The highest BCUT2D eigenvalue weighted by Gasteiger charge is 2.08. The lowest BCUT2D eigenvalue weighted by Crippen LogP contribution is -2.15. The molecule has 0 aliphatic carbocycles. The van der Waals surface area contributed by atoms with Crippen molar-refractivity contribution in [1.29, 1.82) is 0 Å². The zero-order valence-electron chi connectivity index (χ0n) is 16.3. The summed E-state index contributed by atoms with van der Waals surface area (Å²) >= 11 is 0. The Morgan fingerprint density at radius 1 is 0.862 bits per heavy atom. The minimum Gasteiger partial charge on any atom is -0.497 e. The number of nitrogens with zero attached hydrogens (tertiary/aromatic N) is 1. The van der Waals surface area contributed by atoms with Crippen LogP contribution in [0.2, 0.25) is 0 Å². The van der Waals surface area contributed by atoms with Gasteiger partial charge in [0.05, 0.1) is 14.2 Å². The molecule has 1 heterocycles. The Morgan fingerprint density at radius 3 is 2.14 bits per heavy atom. The van der Waals surface area contributed by atoms with Crippen LogP contribution in [0.5, 0.6) is 17.2 Å². The zero-order chi connectivity index (χ0) is 20.5. The molecule has 150 valence electrons. The number of methoxy groups -OCH3 is 2. The number of anilines is 2. The summed E-state index contributed by atoms with van der Waals surface area (Å²) < 4.78 is 15.9. The summed E-state index contributed by atoms with van der Waals surface area (Å²) in [6, 6.07) is 18.0. The van der Waals surface area contributed by atoms with Crippen molar-refractivity contribution < 1.29 is 19.0 Å². The number of rotatable bonds is 9. The van der Waals surface area contributed by atoms with Crippen molar-refractivity contribution >= 4 is 17.3 Å². The minimum atomic E-state index is -0.284. The summed E-state index contributed by atoms with van der Waals surface area (Å²) in [6.07, 6.45) is 1.59. The highest BCUT2D eigenvalue weighted by molar-refractivity contribution is 6.03. The number of carbonyl (C=O) groups excluding carboxylic acids is 1. The van der Waals surface area contributed by atoms with Crippen molar-refractivity contribution in [3.63, 3.8) is 0 Å². The van der Waals surface area contributed by atoms with E-state index in [2.05, 4.69) is 15.6 Å². The van der Waals surface area contributed by atoms with Crippen LogP contribution in [-0.2, 0) is 0 Å². The molecule has 0 bridgehead atoms. The zero-order valence-corrected chi connectivity index (χ0v) is 16.3. The molecule has 0 fully saturated rings. The van der Waals surface area contributed by atoms with Crippen LogP contribution < -0.4 is 24.8 Å². The topological polar surface area (TPSA) is 81.7 Å². The summed E-state index contributed by atoms with van der Waals surface area (Å²) in [5.41, 5.74) is 1.78. The summed E-state index contributed by atoms with van der Waals surface area (Å²) in [5.74, 6) is 1.99. The van der Waals surface area contributed by atoms with Crippen LogP contribution in [0.15, 0.2) is 66.9 Å². The van der Waals surface area contributed by atoms with E-state index < -0.39 is 0 Å². The van der Waals surface area contributed by atoms with E-state index in [4.69, 9.17) is 14.2 Å². The molecular weight excluding hydrogens is 370 g/mol. The summed E-state index contributed by atoms with van der Waals surface area (Å²) in [7, 11) is 3.22. The van der Waals surface area contributed by atoms with Gasteiger partial charge in [0.25, 0.3) is 5.91 Å². The molecule has 7 nitrogen and oxygen atoms in total. The first-order chi connectivity index (χ1) is 14.2. The van der Waals surface area contributed by atoms with E-state index in [1.807, 2.05) is 24.3 Å². The number of amides is 1. The number of aromatic nitrogens is 1. The van der Waals surface area contributed by atoms with Crippen LogP contribution in [0.1, 0.15) is 10.5 Å². The molecule has 29 heavy (non-hydrogen) atoms. The molecule has 7 heteroatoms. The van der Waals surface area contributed by atoms with Crippen LogP contribution in [0.4, 0.5) is 11.4 Å². The predicted octanol–water partition coefficient (Wildman–Crippen LogP) is 3.84. The van der Waals surface area contributed by atoms with Crippen LogP contribution >= 0.6 is 0 Å². The Bertz CT molecular complexity index is 928. The van der Waals surface area contributed by atoms with Gasteiger partial charge in [0.1, 0.15) is 29.5 Å². The van der Waals surface area contributed by atoms with Gasteiger partial charge in [-0.2, -0.15) is 0 Å². The molecule has 1 amide bonds. The third-order valence-electron chi connectivity index (χ3n) is 4.10. The second kappa shape index (κ2) is 9.98. The fourth-order valence-corrected chi connectivity index (χ4v) is 2.57. The number of hydrogen-bond acceptors (Lipinski definition) is 6. The SMILES string of the molecule is COc1ccc(NC(=O)c2cc(NCCOc3ccc(OC)cc3)ccn2)cc1. The van der Waals surface area contributed by atoms with Gasteiger partial charge >= 0.3 is 0 Å². The Balaban J connectivity index is 1.49. The van der Waals surface area contributed by atoms with Gasteiger partial charge in [-0.05, 0) is 60.7 Å². The van der Waals surface area contributed by atoms with Gasteiger partial charge in [0.15, 0.2) is 0 Å². The van der Waals surface area contributed by atoms with E-state index in [-0.39, 0.29) is 5.91 Å². The number of ether oxygens (including phenoxy) is 3. The standard InChI is InChI=1S/C22H23N3O4/c1-27-18-5-3-16(4-6-18)25-22(26)21-15-17(11-12-24-21)23-13-14-29-20-9-7-19(28-2)8-10-20/h3-12,15H,13-14H2,1-2H3,(H,23,24)(H,25,26). The van der Waals surface area contributed by atoms with Gasteiger partial charge in [-0.3, -0.25) is 9.78 Å². The van der Waals surface area contributed by atoms with E-state index in [1.165, 1.54) is 0 Å². The molecule has 1 aromatic heterocycles. The number of benzene rings is 2. The largest absolute Gasteiger partial charge is 0.497 e. The van der Waals surface area contributed by atoms with Gasteiger partial charge in [-0.15, -0.1) is 0 Å². The second-order valence-electron chi connectivity index (χ2n) is 6.06. The Morgan fingerprint density at radius 2 is 1.48 bits per heavy atom. The Hall–Kier alpha value is -3.74. The lowest BCUT2D eigenvalue weighted by Gasteiger charge is -2.10. The smallest absolute Gasteiger partial charge is 0.274 e. The predicted molar refractivity (Wildman–Crippen MR) is 112 cm³/mol. The molecule has 2 N–H and O–H groups in total. The van der Waals surface area contributed by atoms with Crippen molar-refractivity contribution in [2.75, 3.05) is 38.0 Å². The van der Waals surface area contributed by atoms with Crippen molar-refractivity contribution in [2.24, 2.45) is 0 Å². The van der Waals surface area contributed by atoms with Crippen molar-refractivity contribution in [3.8, 4) is 17.2 Å². The monoisotopic (exact) mass is 393 g/mol. The molecule has 0 saturated carbocycles. The number of nitrogens with one attached hydrogen (secondary N) is 2. The van der Waals surface area contributed by atoms with E-state index in [0.717, 1.165) is 22.9 Å². The molecule has 0 atom stereocenters. The fourth-order valence-electron chi connectivity index (χ4n) is 2.57. The van der Waals surface area contributed by atoms with Gasteiger partial charge < -0.3 is 24.8 Å². The molecular formula is C22H23N3O4. The minimum absolute atomic E-state index is 0.284. The molecule has 0 aliphatic rings. The first-order valence-corrected chi connectivity index (χ1v) is 9.10. The van der Waals surface area contributed by atoms with Crippen LogP contribution in [0.25, 0.3) is 0 Å². The molecule has 3 aromatic rings. The van der Waals surface area contributed by atoms with Gasteiger partial charge in [0.2, 0.25) is 0 Å². The maximum atomic E-state index is 12.4. The average molecular weight is 393 g/mol. The maximum Gasteiger partial charge on any atom is 0.274 e. The average Bonchev–Trinajstić information content (AvgIpc) is 2.78. The molecule has 2 aromatic carbocycles. The molecule has 0 spiro atoms. The van der Waals surface area contributed by atoms with Crippen LogP contribution in [0, 0.1) is 0 Å². The molecule has 0 unspecified atom stereocenters. The Labute approximate surface area is 169 Å².